The average Bonchev–Trinajstić information content (AvgIpc) is 2.11. The van der Waals surface area contributed by atoms with Crippen molar-refractivity contribution in [2.45, 2.75) is 50.7 Å². The molecule has 4 heteroatoms. The molecular formula is C12H24N2OS. The topological polar surface area (TPSA) is 32.3 Å². The first-order chi connectivity index (χ1) is 7.28. The molecule has 0 radical (unpaired) electrons. The molecule has 0 aromatic carbocycles. The van der Waals surface area contributed by atoms with Crippen LogP contribution in [0.25, 0.3) is 0 Å². The largest absolute Gasteiger partial charge is 0.339 e. The third-order valence-electron chi connectivity index (χ3n) is 2.54. The zero-order valence-corrected chi connectivity index (χ0v) is 11.9. The van der Waals surface area contributed by atoms with Crippen LogP contribution in [-0.2, 0) is 4.79 Å². The maximum absolute atomic E-state index is 12.0. The van der Waals surface area contributed by atoms with Crippen LogP contribution in [0.1, 0.15) is 34.6 Å². The van der Waals surface area contributed by atoms with E-state index in [9.17, 15) is 4.79 Å². The number of thioether (sulfide) groups is 1. The molecule has 1 N–H and O–H groups in total. The number of hydrogen-bond donors (Lipinski definition) is 1. The molecule has 1 amide bonds. The first-order valence-corrected chi connectivity index (χ1v) is 6.90. The molecule has 2 atom stereocenters. The van der Waals surface area contributed by atoms with Crippen molar-refractivity contribution in [3.05, 3.63) is 0 Å². The monoisotopic (exact) mass is 244 g/mol. The maximum Gasteiger partial charge on any atom is 0.236 e. The Balaban J connectivity index is 2.41. The molecule has 16 heavy (non-hydrogen) atoms. The lowest BCUT2D eigenvalue weighted by molar-refractivity contribution is -0.130. The van der Waals surface area contributed by atoms with Crippen LogP contribution in [0.15, 0.2) is 0 Å². The van der Waals surface area contributed by atoms with E-state index in [1.807, 2.05) is 16.7 Å². The second-order valence-electron chi connectivity index (χ2n) is 5.66. The zero-order chi connectivity index (χ0) is 12.3. The summed E-state index contributed by atoms with van der Waals surface area (Å²) in [5.74, 6) is 0.230. The third-order valence-corrected chi connectivity index (χ3v) is 3.77. The van der Waals surface area contributed by atoms with E-state index >= 15 is 0 Å². The van der Waals surface area contributed by atoms with Gasteiger partial charge in [-0.1, -0.05) is 13.8 Å². The van der Waals surface area contributed by atoms with Crippen LogP contribution in [0.2, 0.25) is 0 Å². The summed E-state index contributed by atoms with van der Waals surface area (Å²) in [4.78, 5) is 14.0. The fraction of sp³-hybridized carbons (Fsp3) is 0.917. The van der Waals surface area contributed by atoms with Crippen LogP contribution < -0.4 is 5.32 Å². The molecule has 0 aromatic heterocycles. The molecule has 0 spiro atoms. The Kier molecular flexibility index (Phi) is 4.68. The smallest absolute Gasteiger partial charge is 0.236 e. The minimum atomic E-state index is 0.0113. The highest BCUT2D eigenvalue weighted by molar-refractivity contribution is 8.00. The van der Waals surface area contributed by atoms with Gasteiger partial charge in [0.25, 0.3) is 0 Å². The predicted octanol–water partition coefficient (Wildman–Crippen LogP) is 1.73. The Bertz CT molecular complexity index is 240. The second kappa shape index (κ2) is 5.41. The molecule has 1 heterocycles. The highest BCUT2D eigenvalue weighted by atomic mass is 32.2. The lowest BCUT2D eigenvalue weighted by Gasteiger charge is -2.35. The van der Waals surface area contributed by atoms with E-state index in [0.717, 1.165) is 13.1 Å². The van der Waals surface area contributed by atoms with E-state index < -0.39 is 0 Å². The summed E-state index contributed by atoms with van der Waals surface area (Å²) in [5.41, 5.74) is 0.0113. The molecule has 0 saturated carbocycles. The number of amides is 1. The summed E-state index contributed by atoms with van der Waals surface area (Å²) < 4.78 is 0. The van der Waals surface area contributed by atoms with Crippen molar-refractivity contribution >= 4 is 17.7 Å². The van der Waals surface area contributed by atoms with Crippen LogP contribution in [0.5, 0.6) is 0 Å². The number of carbonyl (C=O) groups excluding carboxylic acids is 1. The Labute approximate surface area is 103 Å². The standard InChI is InChI=1S/C12H24N2OS/c1-9-7-14(8-10(2)16-9)11(15)6-13-12(3,4)5/h9-10,13H,6-8H2,1-5H3. The highest BCUT2D eigenvalue weighted by Gasteiger charge is 2.26. The van der Waals surface area contributed by atoms with Crippen molar-refractivity contribution < 1.29 is 4.79 Å². The molecule has 1 saturated heterocycles. The van der Waals surface area contributed by atoms with Gasteiger partial charge in [0.05, 0.1) is 6.54 Å². The molecule has 94 valence electrons. The SMILES string of the molecule is CC1CN(C(=O)CNC(C)(C)C)CC(C)S1. The molecule has 1 fully saturated rings. The third kappa shape index (κ3) is 4.74. The normalized spacial score (nSPS) is 26.9. The average molecular weight is 244 g/mol. The molecule has 1 aliphatic heterocycles. The summed E-state index contributed by atoms with van der Waals surface area (Å²) in [7, 11) is 0. The van der Waals surface area contributed by atoms with E-state index in [4.69, 9.17) is 0 Å². The van der Waals surface area contributed by atoms with Gasteiger partial charge in [-0.3, -0.25) is 4.79 Å². The Morgan fingerprint density at radius 3 is 2.25 bits per heavy atom. The fourth-order valence-electron chi connectivity index (χ4n) is 1.83. The number of carbonyl (C=O) groups is 1. The summed E-state index contributed by atoms with van der Waals surface area (Å²) in [6, 6.07) is 0. The minimum Gasteiger partial charge on any atom is -0.339 e. The van der Waals surface area contributed by atoms with Gasteiger partial charge in [-0.15, -0.1) is 0 Å². The quantitative estimate of drug-likeness (QED) is 0.803. The van der Waals surface area contributed by atoms with Crippen molar-refractivity contribution in [1.29, 1.82) is 0 Å². The first-order valence-electron chi connectivity index (χ1n) is 5.96. The first kappa shape index (κ1) is 13.8. The van der Waals surface area contributed by atoms with Gasteiger partial charge >= 0.3 is 0 Å². The lowest BCUT2D eigenvalue weighted by atomic mass is 10.1. The van der Waals surface area contributed by atoms with E-state index in [-0.39, 0.29) is 11.4 Å². The number of nitrogens with one attached hydrogen (secondary N) is 1. The highest BCUT2D eigenvalue weighted by Crippen LogP contribution is 2.24. The number of nitrogens with zero attached hydrogens (tertiary/aromatic N) is 1. The summed E-state index contributed by atoms with van der Waals surface area (Å²) in [6.07, 6.45) is 0. The van der Waals surface area contributed by atoms with Crippen molar-refractivity contribution in [2.75, 3.05) is 19.6 Å². The van der Waals surface area contributed by atoms with Crippen LogP contribution >= 0.6 is 11.8 Å². The minimum absolute atomic E-state index is 0.0113. The molecule has 0 aliphatic carbocycles. The van der Waals surface area contributed by atoms with Gasteiger partial charge in [-0.2, -0.15) is 11.8 Å². The molecule has 1 rings (SSSR count). The fourth-order valence-corrected chi connectivity index (χ4v) is 3.16. The molecule has 0 bridgehead atoms. The van der Waals surface area contributed by atoms with E-state index in [2.05, 4.69) is 39.9 Å². The summed E-state index contributed by atoms with van der Waals surface area (Å²) in [6.45, 7) is 12.9. The predicted molar refractivity (Wildman–Crippen MR) is 70.9 cm³/mol. The summed E-state index contributed by atoms with van der Waals surface area (Å²) >= 11 is 1.97. The lowest BCUT2D eigenvalue weighted by Crippen LogP contribution is -2.49. The van der Waals surface area contributed by atoms with Crippen LogP contribution in [0, 0.1) is 0 Å². The Morgan fingerprint density at radius 2 is 1.81 bits per heavy atom. The Hall–Kier alpha value is -0.220. The van der Waals surface area contributed by atoms with Crippen LogP contribution in [0.4, 0.5) is 0 Å². The van der Waals surface area contributed by atoms with Gasteiger partial charge in [0.1, 0.15) is 0 Å². The van der Waals surface area contributed by atoms with Crippen molar-refractivity contribution in [1.82, 2.24) is 10.2 Å². The van der Waals surface area contributed by atoms with Crippen molar-refractivity contribution in [3.8, 4) is 0 Å². The van der Waals surface area contributed by atoms with Gasteiger partial charge in [0.2, 0.25) is 5.91 Å². The van der Waals surface area contributed by atoms with Gasteiger partial charge < -0.3 is 10.2 Å². The van der Waals surface area contributed by atoms with Crippen molar-refractivity contribution in [2.24, 2.45) is 0 Å². The van der Waals surface area contributed by atoms with Gasteiger partial charge in [-0.25, -0.2) is 0 Å². The summed E-state index contributed by atoms with van der Waals surface area (Å²) in [5, 5.41) is 4.37. The maximum atomic E-state index is 12.0. The molecule has 1 aliphatic rings. The van der Waals surface area contributed by atoms with Crippen molar-refractivity contribution in [3.63, 3.8) is 0 Å². The Morgan fingerprint density at radius 1 is 1.31 bits per heavy atom. The van der Waals surface area contributed by atoms with Crippen LogP contribution in [0.3, 0.4) is 0 Å². The van der Waals surface area contributed by atoms with E-state index in [1.165, 1.54) is 0 Å². The van der Waals surface area contributed by atoms with Gasteiger partial charge in [0.15, 0.2) is 0 Å². The van der Waals surface area contributed by atoms with E-state index in [1.54, 1.807) is 0 Å². The molecule has 2 unspecified atom stereocenters. The number of hydrogen-bond acceptors (Lipinski definition) is 3. The van der Waals surface area contributed by atoms with Gasteiger partial charge in [-0.05, 0) is 20.8 Å². The van der Waals surface area contributed by atoms with Crippen LogP contribution in [-0.4, -0.2) is 46.5 Å². The van der Waals surface area contributed by atoms with E-state index in [0.29, 0.717) is 17.0 Å². The zero-order valence-electron chi connectivity index (χ0n) is 11.0. The second-order valence-corrected chi connectivity index (χ2v) is 7.54. The molecular weight excluding hydrogens is 220 g/mol. The molecule has 3 nitrogen and oxygen atoms in total. The number of rotatable bonds is 2. The molecule has 0 aromatic rings. The van der Waals surface area contributed by atoms with Gasteiger partial charge in [0, 0.05) is 29.1 Å².